The minimum Gasteiger partial charge on any atom is -0.385 e. The van der Waals surface area contributed by atoms with E-state index < -0.39 is 41.8 Å². The van der Waals surface area contributed by atoms with Crippen LogP contribution in [-0.2, 0) is 9.53 Å². The third kappa shape index (κ3) is 2.28. The van der Waals surface area contributed by atoms with E-state index in [0.717, 1.165) is 6.08 Å². The molecule has 2 atom stereocenters. The quantitative estimate of drug-likeness (QED) is 0.746. The Balaban J connectivity index is 2.52. The lowest BCUT2D eigenvalue weighted by molar-refractivity contribution is -0.115. The topological polar surface area (TPSA) is 90.7 Å². The third-order valence-corrected chi connectivity index (χ3v) is 2.94. The number of alkyl halides is 2. The molecule has 1 aliphatic carbocycles. The zero-order valence-corrected chi connectivity index (χ0v) is 9.78. The first kappa shape index (κ1) is 13.8. The number of ether oxygens (including phenoxy) is 1. The van der Waals surface area contributed by atoms with Crippen LogP contribution >= 0.6 is 0 Å². The molecule has 0 saturated heterocycles. The molecule has 1 heterocycles. The molecule has 1 unspecified atom stereocenters. The molecule has 8 heteroatoms. The molecule has 5 nitrogen and oxygen atoms in total. The number of hydrogen-bond donors (Lipinski definition) is 2. The monoisotopic (exact) mass is 275 g/mol. The molecule has 0 aromatic heterocycles. The molecule has 0 bridgehead atoms. The van der Waals surface area contributed by atoms with E-state index in [-0.39, 0.29) is 12.4 Å². The number of ketones is 1. The lowest BCUT2D eigenvalue weighted by Gasteiger charge is -2.35. The van der Waals surface area contributed by atoms with Crippen molar-refractivity contribution < 1.29 is 22.7 Å². The number of nitrogens with two attached hydrogens (primary N) is 2. The average Bonchev–Trinajstić information content (AvgIpc) is 2.33. The Kier molecular flexibility index (Phi) is 3.46. The molecule has 104 valence electrons. The number of rotatable bonds is 2. The van der Waals surface area contributed by atoms with Gasteiger partial charge in [-0.05, 0) is 0 Å². The molecule has 2 rings (SSSR count). The molecular weight excluding hydrogens is 263 g/mol. The zero-order valence-electron chi connectivity index (χ0n) is 9.78. The van der Waals surface area contributed by atoms with E-state index in [2.05, 4.69) is 4.99 Å². The zero-order chi connectivity index (χ0) is 14.2. The van der Waals surface area contributed by atoms with Crippen LogP contribution in [0.5, 0.6) is 0 Å². The maximum atomic E-state index is 13.8. The van der Waals surface area contributed by atoms with Crippen molar-refractivity contribution in [2.45, 2.75) is 18.0 Å². The van der Waals surface area contributed by atoms with Crippen LogP contribution in [0.4, 0.5) is 13.2 Å². The number of carbonyl (C=O) groups excluding carboxylic acids is 1. The first-order chi connectivity index (χ1) is 8.86. The second-order valence-electron chi connectivity index (χ2n) is 4.32. The van der Waals surface area contributed by atoms with Crippen molar-refractivity contribution in [2.75, 3.05) is 13.2 Å². The number of hydrogen-bond acceptors (Lipinski definition) is 5. The lowest BCUT2D eigenvalue weighted by Crippen LogP contribution is -2.50. The van der Waals surface area contributed by atoms with Crippen LogP contribution in [0.1, 0.15) is 0 Å². The van der Waals surface area contributed by atoms with Gasteiger partial charge in [-0.2, -0.15) is 0 Å². The molecule has 1 aliphatic heterocycles. The Labute approximate surface area is 106 Å². The molecular formula is C11H12F3N3O2. The standard InChI is InChI=1S/C11H12F3N3O2/c12-6-2-8(18)7(15)1-5(6)11(10(13)14)4-19-3-9(16)17-11/h1-2,7,10H,3-4,15H2,(H2,16,17)/t7?,11-/m0/s1. The third-order valence-electron chi connectivity index (χ3n) is 2.94. The number of aliphatic imine (C=N–C) groups is 1. The molecule has 4 N–H and O–H groups in total. The lowest BCUT2D eigenvalue weighted by atomic mass is 9.84. The summed E-state index contributed by atoms with van der Waals surface area (Å²) in [5, 5.41) is 0. The van der Waals surface area contributed by atoms with Gasteiger partial charge in [-0.15, -0.1) is 0 Å². The van der Waals surface area contributed by atoms with Gasteiger partial charge in [0.15, 0.2) is 11.3 Å². The van der Waals surface area contributed by atoms with Crippen molar-refractivity contribution in [3.05, 3.63) is 23.6 Å². The maximum Gasteiger partial charge on any atom is 0.269 e. The summed E-state index contributed by atoms with van der Waals surface area (Å²) in [6, 6.07) is -1.18. The van der Waals surface area contributed by atoms with Gasteiger partial charge in [0.25, 0.3) is 6.43 Å². The largest absolute Gasteiger partial charge is 0.385 e. The fraction of sp³-hybridized carbons (Fsp3) is 0.455. The van der Waals surface area contributed by atoms with Crippen molar-refractivity contribution in [3.63, 3.8) is 0 Å². The summed E-state index contributed by atoms with van der Waals surface area (Å²) in [5.41, 5.74) is 8.11. The van der Waals surface area contributed by atoms with Crippen molar-refractivity contribution in [1.29, 1.82) is 0 Å². The van der Waals surface area contributed by atoms with Crippen LogP contribution < -0.4 is 11.5 Å². The minimum atomic E-state index is -3.04. The van der Waals surface area contributed by atoms with Gasteiger partial charge >= 0.3 is 0 Å². The van der Waals surface area contributed by atoms with Gasteiger partial charge < -0.3 is 16.2 Å². The molecule has 0 amide bonds. The first-order valence-corrected chi connectivity index (χ1v) is 5.46. The van der Waals surface area contributed by atoms with Crippen LogP contribution in [0.2, 0.25) is 0 Å². The Bertz CT molecular complexity index is 501. The first-order valence-electron chi connectivity index (χ1n) is 5.46. The van der Waals surface area contributed by atoms with E-state index >= 15 is 0 Å². The van der Waals surface area contributed by atoms with Gasteiger partial charge in [-0.25, -0.2) is 13.2 Å². The summed E-state index contributed by atoms with van der Waals surface area (Å²) in [6.07, 6.45) is -1.52. The van der Waals surface area contributed by atoms with E-state index in [4.69, 9.17) is 16.2 Å². The van der Waals surface area contributed by atoms with Gasteiger partial charge in [0.05, 0.1) is 12.6 Å². The van der Waals surface area contributed by atoms with Crippen LogP contribution in [0.15, 0.2) is 28.5 Å². The highest BCUT2D eigenvalue weighted by Crippen LogP contribution is 2.38. The van der Waals surface area contributed by atoms with Crippen LogP contribution in [0.25, 0.3) is 0 Å². The molecule has 0 saturated carbocycles. The molecule has 0 aromatic carbocycles. The Morgan fingerprint density at radius 2 is 2.21 bits per heavy atom. The Hall–Kier alpha value is -1.67. The molecule has 0 fully saturated rings. The number of amidine groups is 1. The normalized spacial score (nSPS) is 31.9. The summed E-state index contributed by atoms with van der Waals surface area (Å²) in [7, 11) is 0. The van der Waals surface area contributed by atoms with E-state index in [1.807, 2.05) is 0 Å². The van der Waals surface area contributed by atoms with E-state index in [1.54, 1.807) is 0 Å². The molecule has 19 heavy (non-hydrogen) atoms. The fourth-order valence-corrected chi connectivity index (χ4v) is 1.99. The minimum absolute atomic E-state index is 0.0991. The highest BCUT2D eigenvalue weighted by atomic mass is 19.3. The summed E-state index contributed by atoms with van der Waals surface area (Å²) in [5.74, 6) is -1.95. The summed E-state index contributed by atoms with van der Waals surface area (Å²) in [6.45, 7) is -0.628. The second kappa shape index (κ2) is 4.78. The van der Waals surface area contributed by atoms with Crippen molar-refractivity contribution >= 4 is 11.6 Å². The predicted molar refractivity (Wildman–Crippen MR) is 61.4 cm³/mol. The highest BCUT2D eigenvalue weighted by molar-refractivity contribution is 5.98. The van der Waals surface area contributed by atoms with E-state index in [9.17, 15) is 18.0 Å². The van der Waals surface area contributed by atoms with E-state index in [0.29, 0.717) is 6.08 Å². The molecule has 2 aliphatic rings. The van der Waals surface area contributed by atoms with Crippen LogP contribution in [0.3, 0.4) is 0 Å². The van der Waals surface area contributed by atoms with Crippen molar-refractivity contribution in [3.8, 4) is 0 Å². The summed E-state index contributed by atoms with van der Waals surface area (Å²) >= 11 is 0. The predicted octanol–water partition coefficient (Wildman–Crippen LogP) is 0.0675. The molecule has 0 spiro atoms. The number of carbonyl (C=O) groups is 1. The Morgan fingerprint density at radius 1 is 1.53 bits per heavy atom. The van der Waals surface area contributed by atoms with Gasteiger partial charge in [-0.1, -0.05) is 6.08 Å². The van der Waals surface area contributed by atoms with Gasteiger partial charge in [0.2, 0.25) is 0 Å². The SMILES string of the molecule is NC1=N[C@@](C2=CC(N)C(=O)C=C2F)(C(F)F)COC1. The number of halogens is 3. The van der Waals surface area contributed by atoms with Crippen molar-refractivity contribution in [2.24, 2.45) is 16.5 Å². The highest BCUT2D eigenvalue weighted by Gasteiger charge is 2.48. The molecule has 0 radical (unpaired) electrons. The maximum absolute atomic E-state index is 13.8. The van der Waals surface area contributed by atoms with Crippen LogP contribution in [0, 0.1) is 0 Å². The van der Waals surface area contributed by atoms with Gasteiger partial charge in [0, 0.05) is 11.6 Å². The average molecular weight is 275 g/mol. The molecule has 0 aromatic rings. The smallest absolute Gasteiger partial charge is 0.269 e. The fourth-order valence-electron chi connectivity index (χ4n) is 1.99. The summed E-state index contributed by atoms with van der Waals surface area (Å²) in [4.78, 5) is 14.9. The van der Waals surface area contributed by atoms with Gasteiger partial charge in [-0.3, -0.25) is 9.79 Å². The second-order valence-corrected chi connectivity index (χ2v) is 4.32. The van der Waals surface area contributed by atoms with E-state index in [1.165, 1.54) is 0 Å². The number of nitrogens with zero attached hydrogens (tertiary/aromatic N) is 1. The van der Waals surface area contributed by atoms with Gasteiger partial charge in [0.1, 0.15) is 18.3 Å². The van der Waals surface area contributed by atoms with Crippen molar-refractivity contribution in [1.82, 2.24) is 0 Å². The van der Waals surface area contributed by atoms with Crippen LogP contribution in [-0.4, -0.2) is 42.8 Å². The Morgan fingerprint density at radius 3 is 2.79 bits per heavy atom. The summed E-state index contributed by atoms with van der Waals surface area (Å²) < 4.78 is 45.4.